The molecule has 1 N–H and O–H groups in total. The molecule has 0 spiro atoms. The number of aromatic nitrogens is 1. The van der Waals surface area contributed by atoms with Gasteiger partial charge in [-0.05, 0) is 49.6 Å². The van der Waals surface area contributed by atoms with Gasteiger partial charge in [0.1, 0.15) is 11.4 Å². The fourth-order valence-electron chi connectivity index (χ4n) is 4.12. The molecular formula is C25H24F2N2O5. The molecule has 1 aliphatic heterocycles. The van der Waals surface area contributed by atoms with E-state index in [0.29, 0.717) is 42.7 Å². The summed E-state index contributed by atoms with van der Waals surface area (Å²) in [5.74, 6) is -3.66. The van der Waals surface area contributed by atoms with Gasteiger partial charge in [-0.3, -0.25) is 14.6 Å². The van der Waals surface area contributed by atoms with Crippen LogP contribution < -0.4 is 10.1 Å². The summed E-state index contributed by atoms with van der Waals surface area (Å²) in [6, 6.07) is 4.29. The Bertz CT molecular complexity index is 1270. The topological polar surface area (TPSA) is 90.7 Å². The van der Waals surface area contributed by atoms with Gasteiger partial charge in [-0.15, -0.1) is 0 Å². The number of carbonyl (C=O) groups is 2. The molecule has 0 unspecified atom stereocenters. The summed E-state index contributed by atoms with van der Waals surface area (Å²) in [5, 5.41) is 3.50. The summed E-state index contributed by atoms with van der Waals surface area (Å²) in [7, 11) is 1.24. The van der Waals surface area contributed by atoms with Crippen LogP contribution >= 0.6 is 0 Å². The SMILES string of the molecule is C=CC(=O)N[C@H]1CCOC[C@H]1Cc1cc2cc(C(=O)c3c(F)c(C)cc(OC)c3F)oc2cn1. The summed E-state index contributed by atoms with van der Waals surface area (Å²) < 4.78 is 45.4. The average Bonchev–Trinajstić information content (AvgIpc) is 3.26. The molecule has 0 bridgehead atoms. The van der Waals surface area contributed by atoms with Gasteiger partial charge in [0.05, 0.1) is 19.9 Å². The standard InChI is InChI=1S/C25H24F2N2O5/c1-4-21(30)29-17-5-6-33-12-15(17)9-16-8-14-10-19(34-20(14)11-28-16)25(31)22-23(26)13(2)7-18(32-3)24(22)27/h4,7-8,10-11,15,17H,1,5-6,9,12H2,2-3H3,(H,29,30)/t15-,17+/m1/s1. The van der Waals surface area contributed by atoms with Crippen molar-refractivity contribution in [2.45, 2.75) is 25.8 Å². The van der Waals surface area contributed by atoms with Crippen LogP contribution in [-0.4, -0.2) is 43.0 Å². The highest BCUT2D eigenvalue weighted by Gasteiger charge is 2.29. The Labute approximate surface area is 194 Å². The minimum atomic E-state index is -1.08. The number of pyridine rings is 1. The van der Waals surface area contributed by atoms with Crippen molar-refractivity contribution in [3.63, 3.8) is 0 Å². The van der Waals surface area contributed by atoms with Gasteiger partial charge in [0.15, 0.2) is 22.9 Å². The van der Waals surface area contributed by atoms with Crippen LogP contribution in [0.2, 0.25) is 0 Å². The fraction of sp³-hybridized carbons (Fsp3) is 0.320. The first-order chi connectivity index (χ1) is 16.3. The molecule has 4 rings (SSSR count). The molecule has 1 amide bonds. The zero-order valence-electron chi connectivity index (χ0n) is 18.8. The number of nitrogens with zero attached hydrogens (tertiary/aromatic N) is 1. The van der Waals surface area contributed by atoms with Gasteiger partial charge in [0.25, 0.3) is 0 Å². The Hall–Kier alpha value is -3.59. The Morgan fingerprint density at radius 3 is 2.82 bits per heavy atom. The number of carbonyl (C=O) groups excluding carboxylic acids is 2. The fourth-order valence-corrected chi connectivity index (χ4v) is 4.12. The van der Waals surface area contributed by atoms with Gasteiger partial charge >= 0.3 is 0 Å². The van der Waals surface area contributed by atoms with Crippen molar-refractivity contribution < 1.29 is 32.3 Å². The molecule has 0 saturated carbocycles. The number of amides is 1. The van der Waals surface area contributed by atoms with Crippen molar-refractivity contribution in [1.82, 2.24) is 10.3 Å². The number of aryl methyl sites for hydroxylation is 1. The van der Waals surface area contributed by atoms with E-state index in [9.17, 15) is 18.4 Å². The van der Waals surface area contributed by atoms with E-state index < -0.39 is 23.0 Å². The summed E-state index contributed by atoms with van der Waals surface area (Å²) in [5.41, 5.74) is 0.359. The monoisotopic (exact) mass is 470 g/mol. The molecule has 0 aliphatic carbocycles. The Kier molecular flexibility index (Phi) is 6.74. The van der Waals surface area contributed by atoms with E-state index in [1.165, 1.54) is 38.4 Å². The maximum Gasteiger partial charge on any atom is 0.243 e. The molecule has 7 nitrogen and oxygen atoms in total. The molecule has 3 heterocycles. The Morgan fingerprint density at radius 1 is 1.29 bits per heavy atom. The third-order valence-electron chi connectivity index (χ3n) is 5.94. The van der Waals surface area contributed by atoms with Gasteiger partial charge in [-0.25, -0.2) is 8.78 Å². The molecule has 0 radical (unpaired) electrons. The van der Waals surface area contributed by atoms with Gasteiger partial charge in [-0.2, -0.15) is 0 Å². The van der Waals surface area contributed by atoms with E-state index in [0.717, 1.165) is 0 Å². The lowest BCUT2D eigenvalue weighted by molar-refractivity contribution is -0.118. The molecule has 1 aromatic carbocycles. The summed E-state index contributed by atoms with van der Waals surface area (Å²) in [6.45, 7) is 5.92. The number of furan rings is 1. The van der Waals surface area contributed by atoms with E-state index in [1.54, 1.807) is 6.07 Å². The molecule has 9 heteroatoms. The predicted molar refractivity (Wildman–Crippen MR) is 120 cm³/mol. The van der Waals surface area contributed by atoms with Crippen molar-refractivity contribution in [1.29, 1.82) is 0 Å². The lowest BCUT2D eigenvalue weighted by atomic mass is 9.91. The first kappa shape index (κ1) is 23.6. The molecule has 34 heavy (non-hydrogen) atoms. The normalized spacial score (nSPS) is 18.0. The minimum absolute atomic E-state index is 0.00134. The highest BCUT2D eigenvalue weighted by Crippen LogP contribution is 2.30. The summed E-state index contributed by atoms with van der Waals surface area (Å²) in [4.78, 5) is 29.1. The van der Waals surface area contributed by atoms with Crippen LogP contribution in [0.25, 0.3) is 11.0 Å². The van der Waals surface area contributed by atoms with Crippen molar-refractivity contribution in [3.05, 3.63) is 71.3 Å². The first-order valence-corrected chi connectivity index (χ1v) is 10.8. The number of rotatable bonds is 7. The third kappa shape index (κ3) is 4.56. The maximum atomic E-state index is 14.7. The van der Waals surface area contributed by atoms with E-state index in [-0.39, 0.29) is 34.9 Å². The number of hydrogen-bond acceptors (Lipinski definition) is 6. The van der Waals surface area contributed by atoms with Crippen molar-refractivity contribution >= 4 is 22.7 Å². The van der Waals surface area contributed by atoms with Gasteiger partial charge in [-0.1, -0.05) is 6.58 Å². The molecular weight excluding hydrogens is 446 g/mol. The van der Waals surface area contributed by atoms with Gasteiger partial charge < -0.3 is 19.2 Å². The number of nitrogens with one attached hydrogen (secondary N) is 1. The van der Waals surface area contributed by atoms with Crippen LogP contribution in [-0.2, 0) is 16.0 Å². The lowest BCUT2D eigenvalue weighted by Crippen LogP contribution is -2.45. The number of methoxy groups -OCH3 is 1. The predicted octanol–water partition coefficient (Wildman–Crippen LogP) is 3.90. The van der Waals surface area contributed by atoms with Crippen molar-refractivity contribution in [3.8, 4) is 5.75 Å². The summed E-state index contributed by atoms with van der Waals surface area (Å²) >= 11 is 0. The van der Waals surface area contributed by atoms with Crippen LogP contribution in [0.3, 0.4) is 0 Å². The highest BCUT2D eigenvalue weighted by atomic mass is 19.1. The van der Waals surface area contributed by atoms with Crippen LogP contribution in [0.1, 0.15) is 33.8 Å². The van der Waals surface area contributed by atoms with Crippen LogP contribution in [0.4, 0.5) is 8.78 Å². The lowest BCUT2D eigenvalue weighted by Gasteiger charge is -2.31. The number of fused-ring (bicyclic) bond motifs is 1. The van der Waals surface area contributed by atoms with Gasteiger partial charge in [0, 0.05) is 29.6 Å². The zero-order chi connectivity index (χ0) is 24.4. The number of ketones is 1. The molecule has 3 aromatic rings. The number of hydrogen-bond donors (Lipinski definition) is 1. The Morgan fingerprint density at radius 2 is 2.09 bits per heavy atom. The Balaban J connectivity index is 1.61. The highest BCUT2D eigenvalue weighted by molar-refractivity contribution is 6.09. The van der Waals surface area contributed by atoms with E-state index >= 15 is 0 Å². The van der Waals surface area contributed by atoms with E-state index in [2.05, 4.69) is 16.9 Å². The van der Waals surface area contributed by atoms with Crippen LogP contribution in [0.5, 0.6) is 5.75 Å². The number of halogens is 2. The van der Waals surface area contributed by atoms with E-state index in [1.807, 2.05) is 0 Å². The minimum Gasteiger partial charge on any atom is -0.494 e. The maximum absolute atomic E-state index is 14.7. The van der Waals surface area contributed by atoms with Crippen molar-refractivity contribution in [2.24, 2.45) is 5.92 Å². The first-order valence-electron chi connectivity index (χ1n) is 10.8. The molecule has 178 valence electrons. The molecule has 2 atom stereocenters. The number of benzene rings is 1. The molecule has 1 aliphatic rings. The molecule has 1 fully saturated rings. The zero-order valence-corrected chi connectivity index (χ0v) is 18.8. The second-order valence-corrected chi connectivity index (χ2v) is 8.20. The smallest absolute Gasteiger partial charge is 0.243 e. The molecule has 1 saturated heterocycles. The van der Waals surface area contributed by atoms with Crippen molar-refractivity contribution in [2.75, 3.05) is 20.3 Å². The summed E-state index contributed by atoms with van der Waals surface area (Å²) in [6.07, 6.45) is 3.89. The van der Waals surface area contributed by atoms with E-state index in [4.69, 9.17) is 13.9 Å². The second kappa shape index (κ2) is 9.72. The van der Waals surface area contributed by atoms with Crippen LogP contribution in [0, 0.1) is 24.5 Å². The largest absolute Gasteiger partial charge is 0.494 e. The van der Waals surface area contributed by atoms with Crippen LogP contribution in [0.15, 0.2) is 41.5 Å². The number of ether oxygens (including phenoxy) is 2. The average molecular weight is 470 g/mol. The van der Waals surface area contributed by atoms with Gasteiger partial charge in [0.2, 0.25) is 11.7 Å². The molecule has 2 aromatic heterocycles. The second-order valence-electron chi connectivity index (χ2n) is 8.20. The third-order valence-corrected chi connectivity index (χ3v) is 5.94. The quantitative estimate of drug-likeness (QED) is 0.416.